The van der Waals surface area contributed by atoms with Crippen LogP contribution >= 0.6 is 0 Å². The average molecular weight is 440 g/mol. The maximum atomic E-state index is 12.3. The number of amides is 1. The van der Waals surface area contributed by atoms with Crippen LogP contribution in [0, 0.1) is 19.3 Å². The number of terminal acetylenes is 1. The number of benzene rings is 1. The maximum absolute atomic E-state index is 12.3. The quantitative estimate of drug-likeness (QED) is 0.533. The molecule has 2 heterocycles. The Hall–Kier alpha value is -2.01. The Balaban J connectivity index is 1.72. The van der Waals surface area contributed by atoms with Crippen molar-refractivity contribution in [3.8, 4) is 12.3 Å². The lowest BCUT2D eigenvalue weighted by Gasteiger charge is -2.36. The fraction of sp³-hybridized carbons (Fsp3) is 0.640. The van der Waals surface area contributed by atoms with E-state index in [-0.39, 0.29) is 6.09 Å². The summed E-state index contributed by atoms with van der Waals surface area (Å²) < 4.78 is 18.0. The van der Waals surface area contributed by atoms with Gasteiger partial charge in [0.1, 0.15) is 5.60 Å². The molecule has 0 saturated carbocycles. The van der Waals surface area contributed by atoms with Gasteiger partial charge in [-0.05, 0) is 78.0 Å². The average Bonchev–Trinajstić information content (AvgIpc) is 2.90. The van der Waals surface area contributed by atoms with Crippen molar-refractivity contribution in [1.82, 2.24) is 9.80 Å². The third-order valence-electron chi connectivity index (χ3n) is 6.64. The standard InChI is InChI=1S/C25H37BN2O4/c1-10-19-15-21(26-31-24(6,7)25(8,9)32-26)16-20(18(19)2)17-27-11-13-28(14-12-27)22(29)30-23(3,4)5/h1,15-16H,11-14,17H2,2-9H3. The predicted octanol–water partition coefficient (Wildman–Crippen LogP) is 3.33. The molecule has 0 N–H and O–H groups in total. The van der Waals surface area contributed by atoms with Crippen molar-refractivity contribution in [2.24, 2.45) is 0 Å². The Morgan fingerprint density at radius 2 is 1.69 bits per heavy atom. The van der Waals surface area contributed by atoms with E-state index in [4.69, 9.17) is 20.5 Å². The number of nitrogens with zero attached hydrogens (tertiary/aromatic N) is 2. The first-order valence-corrected chi connectivity index (χ1v) is 11.4. The predicted molar refractivity (Wildman–Crippen MR) is 128 cm³/mol. The lowest BCUT2D eigenvalue weighted by molar-refractivity contribution is 0.00578. The zero-order valence-corrected chi connectivity index (χ0v) is 20.9. The Morgan fingerprint density at radius 3 is 2.19 bits per heavy atom. The number of piperazine rings is 1. The van der Waals surface area contributed by atoms with E-state index in [0.717, 1.165) is 41.8 Å². The van der Waals surface area contributed by atoms with E-state index >= 15 is 0 Å². The topological polar surface area (TPSA) is 51.2 Å². The molecule has 6 nitrogen and oxygen atoms in total. The Morgan fingerprint density at radius 1 is 1.12 bits per heavy atom. The summed E-state index contributed by atoms with van der Waals surface area (Å²) in [5, 5.41) is 0. The molecule has 3 rings (SSSR count). The van der Waals surface area contributed by atoms with Crippen LogP contribution in [0.5, 0.6) is 0 Å². The van der Waals surface area contributed by atoms with Gasteiger partial charge < -0.3 is 18.9 Å². The first kappa shape index (κ1) is 24.6. The number of carbonyl (C=O) groups is 1. The third-order valence-corrected chi connectivity index (χ3v) is 6.64. The molecule has 0 bridgehead atoms. The van der Waals surface area contributed by atoms with Gasteiger partial charge in [0.2, 0.25) is 0 Å². The normalized spacial score (nSPS) is 20.8. The lowest BCUT2D eigenvalue weighted by atomic mass is 9.76. The monoisotopic (exact) mass is 440 g/mol. The zero-order valence-electron chi connectivity index (χ0n) is 20.9. The van der Waals surface area contributed by atoms with Crippen LogP contribution in [0.3, 0.4) is 0 Å². The van der Waals surface area contributed by atoms with Gasteiger partial charge in [0.15, 0.2) is 0 Å². The molecule has 0 aromatic heterocycles. The number of ether oxygens (including phenoxy) is 1. The molecule has 7 heteroatoms. The number of carbonyl (C=O) groups excluding carboxylic acids is 1. The first-order valence-electron chi connectivity index (χ1n) is 11.4. The van der Waals surface area contributed by atoms with Crippen molar-refractivity contribution in [1.29, 1.82) is 0 Å². The molecule has 0 atom stereocenters. The van der Waals surface area contributed by atoms with E-state index in [2.05, 4.69) is 23.8 Å². The van der Waals surface area contributed by atoms with Crippen molar-refractivity contribution in [3.05, 3.63) is 28.8 Å². The largest absolute Gasteiger partial charge is 0.494 e. The molecule has 0 spiro atoms. The molecule has 0 aliphatic carbocycles. The molecular formula is C25H37BN2O4. The molecule has 1 aromatic rings. The van der Waals surface area contributed by atoms with Gasteiger partial charge in [-0.2, -0.15) is 0 Å². The summed E-state index contributed by atoms with van der Waals surface area (Å²) in [7, 11) is -0.449. The molecule has 0 unspecified atom stereocenters. The summed E-state index contributed by atoms with van der Waals surface area (Å²) in [5.41, 5.74) is 2.78. The van der Waals surface area contributed by atoms with Crippen LogP contribution in [0.4, 0.5) is 4.79 Å². The molecular weight excluding hydrogens is 403 g/mol. The molecule has 32 heavy (non-hydrogen) atoms. The summed E-state index contributed by atoms with van der Waals surface area (Å²) in [6.45, 7) is 19.5. The van der Waals surface area contributed by atoms with Gasteiger partial charge in [0.05, 0.1) is 11.2 Å². The van der Waals surface area contributed by atoms with Crippen molar-refractivity contribution in [2.75, 3.05) is 26.2 Å². The summed E-state index contributed by atoms with van der Waals surface area (Å²) in [6, 6.07) is 4.15. The summed E-state index contributed by atoms with van der Waals surface area (Å²) in [4.78, 5) is 16.5. The highest BCUT2D eigenvalue weighted by Crippen LogP contribution is 2.36. The lowest BCUT2D eigenvalue weighted by Crippen LogP contribution is -2.49. The Bertz CT molecular complexity index is 890. The van der Waals surface area contributed by atoms with Crippen molar-refractivity contribution >= 4 is 18.7 Å². The van der Waals surface area contributed by atoms with E-state index in [1.807, 2.05) is 54.5 Å². The van der Waals surface area contributed by atoms with Crippen LogP contribution in [0.1, 0.15) is 65.2 Å². The highest BCUT2D eigenvalue weighted by Gasteiger charge is 2.51. The smallest absolute Gasteiger partial charge is 0.444 e. The minimum atomic E-state index is -0.481. The summed E-state index contributed by atoms with van der Waals surface area (Å²) in [6.07, 6.45) is 5.58. The Labute approximate surface area is 193 Å². The van der Waals surface area contributed by atoms with E-state index in [1.165, 1.54) is 0 Å². The fourth-order valence-corrected chi connectivity index (χ4v) is 3.88. The van der Waals surface area contributed by atoms with Gasteiger partial charge in [0, 0.05) is 38.3 Å². The van der Waals surface area contributed by atoms with E-state index in [1.54, 1.807) is 4.90 Å². The third kappa shape index (κ3) is 5.31. The minimum absolute atomic E-state index is 0.245. The van der Waals surface area contributed by atoms with E-state index < -0.39 is 23.9 Å². The van der Waals surface area contributed by atoms with Gasteiger partial charge in [-0.25, -0.2) is 4.79 Å². The molecule has 1 aromatic carbocycles. The second-order valence-electron chi connectivity index (χ2n) is 10.8. The van der Waals surface area contributed by atoms with Crippen LogP contribution in [0.25, 0.3) is 0 Å². The molecule has 2 saturated heterocycles. The number of hydrogen-bond acceptors (Lipinski definition) is 5. The molecule has 174 valence electrons. The molecule has 2 aliphatic rings. The highest BCUT2D eigenvalue weighted by atomic mass is 16.7. The van der Waals surface area contributed by atoms with Gasteiger partial charge in [-0.1, -0.05) is 12.0 Å². The second kappa shape index (κ2) is 8.74. The van der Waals surface area contributed by atoms with Gasteiger partial charge in [-0.3, -0.25) is 4.90 Å². The number of hydrogen-bond donors (Lipinski definition) is 0. The summed E-state index contributed by atoms with van der Waals surface area (Å²) in [5.74, 6) is 2.82. The van der Waals surface area contributed by atoms with Crippen molar-refractivity contribution in [2.45, 2.75) is 78.7 Å². The van der Waals surface area contributed by atoms with Crippen molar-refractivity contribution < 1.29 is 18.8 Å². The second-order valence-corrected chi connectivity index (χ2v) is 10.8. The molecule has 2 aliphatic heterocycles. The Kier molecular flexibility index (Phi) is 6.73. The fourth-order valence-electron chi connectivity index (χ4n) is 3.88. The number of rotatable bonds is 3. The van der Waals surface area contributed by atoms with Crippen LogP contribution in [0.2, 0.25) is 0 Å². The summed E-state index contributed by atoms with van der Waals surface area (Å²) >= 11 is 0. The van der Waals surface area contributed by atoms with Crippen LogP contribution < -0.4 is 5.46 Å². The minimum Gasteiger partial charge on any atom is -0.444 e. The van der Waals surface area contributed by atoms with Gasteiger partial charge >= 0.3 is 13.2 Å². The highest BCUT2D eigenvalue weighted by molar-refractivity contribution is 6.62. The SMILES string of the molecule is C#Cc1cc(B2OC(C)(C)C(C)(C)O2)cc(CN2CCN(C(=O)OC(C)(C)C)CC2)c1C. The van der Waals surface area contributed by atoms with Crippen LogP contribution in [-0.2, 0) is 20.6 Å². The first-order chi connectivity index (χ1) is 14.7. The van der Waals surface area contributed by atoms with Crippen molar-refractivity contribution in [3.63, 3.8) is 0 Å². The van der Waals surface area contributed by atoms with Gasteiger partial charge in [0.25, 0.3) is 0 Å². The van der Waals surface area contributed by atoms with E-state index in [0.29, 0.717) is 13.1 Å². The molecule has 1 amide bonds. The van der Waals surface area contributed by atoms with E-state index in [9.17, 15) is 4.79 Å². The maximum Gasteiger partial charge on any atom is 0.494 e. The van der Waals surface area contributed by atoms with Gasteiger partial charge in [-0.15, -0.1) is 6.42 Å². The van der Waals surface area contributed by atoms with Crippen LogP contribution in [-0.4, -0.2) is 66.0 Å². The molecule has 0 radical (unpaired) electrons. The molecule has 2 fully saturated rings. The zero-order chi connectivity index (χ0) is 23.9. The van der Waals surface area contributed by atoms with Crippen LogP contribution in [0.15, 0.2) is 12.1 Å².